The summed E-state index contributed by atoms with van der Waals surface area (Å²) in [7, 11) is 0. The van der Waals surface area contributed by atoms with Crippen LogP contribution in [0, 0.1) is 0 Å². The predicted octanol–water partition coefficient (Wildman–Crippen LogP) is 1.78. The van der Waals surface area contributed by atoms with Crippen LogP contribution in [-0.4, -0.2) is 19.6 Å². The van der Waals surface area contributed by atoms with Gasteiger partial charge in [0, 0.05) is 5.41 Å². The average Bonchev–Trinajstić information content (AvgIpc) is 2.63. The zero-order valence-corrected chi connectivity index (χ0v) is 9.94. The monoisotopic (exact) mass is 219 g/mol. The second-order valence-electron chi connectivity index (χ2n) is 4.66. The molecule has 0 spiro atoms. The smallest absolute Gasteiger partial charge is 0.153 e. The Morgan fingerprint density at radius 1 is 1.38 bits per heavy atom. The summed E-state index contributed by atoms with van der Waals surface area (Å²) in [5.74, 6) is 1.42. The van der Waals surface area contributed by atoms with Crippen molar-refractivity contribution in [3.8, 4) is 0 Å². The Morgan fingerprint density at radius 3 is 2.81 bits per heavy atom. The van der Waals surface area contributed by atoms with Crippen LogP contribution < -0.4 is 5.73 Å². The van der Waals surface area contributed by atoms with Crippen LogP contribution in [0.3, 0.4) is 0 Å². The van der Waals surface area contributed by atoms with Gasteiger partial charge in [0.25, 0.3) is 0 Å². The Bertz CT molecular complexity index is 500. The fourth-order valence-corrected chi connectivity index (χ4v) is 2.04. The molecule has 0 aliphatic carbocycles. The molecule has 0 radical (unpaired) electrons. The van der Waals surface area contributed by atoms with Crippen molar-refractivity contribution in [1.29, 1.82) is 0 Å². The highest BCUT2D eigenvalue weighted by Crippen LogP contribution is 2.27. The molecule has 16 heavy (non-hydrogen) atoms. The van der Waals surface area contributed by atoms with Gasteiger partial charge in [0.15, 0.2) is 5.82 Å². The van der Waals surface area contributed by atoms with E-state index in [1.54, 1.807) is 10.7 Å². The van der Waals surface area contributed by atoms with Crippen molar-refractivity contribution in [3.63, 3.8) is 0 Å². The zero-order chi connectivity index (χ0) is 11.8. The van der Waals surface area contributed by atoms with E-state index in [1.165, 1.54) is 6.33 Å². The second-order valence-corrected chi connectivity index (χ2v) is 4.66. The Kier molecular flexibility index (Phi) is 2.53. The van der Waals surface area contributed by atoms with E-state index in [2.05, 4.69) is 35.8 Å². The summed E-state index contributed by atoms with van der Waals surface area (Å²) in [6.07, 6.45) is 5.39. The molecule has 0 aliphatic heterocycles. The van der Waals surface area contributed by atoms with Gasteiger partial charge in [-0.25, -0.2) is 14.5 Å². The molecule has 86 valence electrons. The van der Waals surface area contributed by atoms with Crippen LogP contribution in [0.5, 0.6) is 0 Å². The van der Waals surface area contributed by atoms with Gasteiger partial charge in [-0.15, -0.1) is 0 Å². The summed E-state index contributed by atoms with van der Waals surface area (Å²) in [4.78, 5) is 8.38. The maximum Gasteiger partial charge on any atom is 0.153 e. The lowest BCUT2D eigenvalue weighted by molar-refractivity contribution is 0.435. The van der Waals surface area contributed by atoms with E-state index in [1.807, 2.05) is 0 Å². The van der Waals surface area contributed by atoms with Crippen molar-refractivity contribution >= 4 is 11.3 Å². The molecular formula is C11H17N5. The Hall–Kier alpha value is -1.65. The number of nitrogens with two attached hydrogens (primary N) is 1. The number of nitrogen functional groups attached to an aromatic ring is 1. The van der Waals surface area contributed by atoms with Gasteiger partial charge in [-0.05, 0) is 6.42 Å². The first kappa shape index (κ1) is 10.9. The Labute approximate surface area is 94.7 Å². The molecule has 0 aromatic carbocycles. The molecule has 0 atom stereocenters. The van der Waals surface area contributed by atoms with Gasteiger partial charge >= 0.3 is 0 Å². The third-order valence-corrected chi connectivity index (χ3v) is 2.84. The molecule has 0 aliphatic rings. The first-order valence-electron chi connectivity index (χ1n) is 5.51. The molecule has 5 nitrogen and oxygen atoms in total. The maximum atomic E-state index is 5.77. The zero-order valence-electron chi connectivity index (χ0n) is 9.94. The molecule has 0 saturated carbocycles. The summed E-state index contributed by atoms with van der Waals surface area (Å²) in [5, 5.41) is 4.21. The van der Waals surface area contributed by atoms with Crippen LogP contribution in [0.1, 0.15) is 39.4 Å². The first-order chi connectivity index (χ1) is 7.56. The molecule has 5 heteroatoms. The van der Waals surface area contributed by atoms with E-state index in [9.17, 15) is 0 Å². The van der Waals surface area contributed by atoms with Gasteiger partial charge in [0.1, 0.15) is 17.7 Å². The number of rotatable bonds is 3. The topological polar surface area (TPSA) is 69.1 Å². The molecule has 2 N–H and O–H groups in total. The van der Waals surface area contributed by atoms with Crippen LogP contribution in [0.15, 0.2) is 12.5 Å². The summed E-state index contributed by atoms with van der Waals surface area (Å²) in [6.45, 7) is 6.51. The molecule has 2 aromatic heterocycles. The number of hydrogen-bond donors (Lipinski definition) is 1. The largest absolute Gasteiger partial charge is 0.382 e. The summed E-state index contributed by atoms with van der Waals surface area (Å²) >= 11 is 0. The Balaban J connectivity index is 2.58. The second kappa shape index (κ2) is 3.73. The lowest BCUT2D eigenvalue weighted by Crippen LogP contribution is -2.21. The summed E-state index contributed by atoms with van der Waals surface area (Å²) in [6, 6.07) is 0. The molecular weight excluding hydrogens is 202 g/mol. The molecule has 2 rings (SSSR count). The van der Waals surface area contributed by atoms with Crippen LogP contribution in [0.4, 0.5) is 5.82 Å². The molecule has 0 amide bonds. The highest BCUT2D eigenvalue weighted by atomic mass is 15.3. The van der Waals surface area contributed by atoms with Crippen molar-refractivity contribution in [2.45, 2.75) is 39.0 Å². The quantitative estimate of drug-likeness (QED) is 0.854. The summed E-state index contributed by atoms with van der Waals surface area (Å²) < 4.78 is 1.79. The van der Waals surface area contributed by atoms with Crippen LogP contribution in [0.2, 0.25) is 0 Å². The molecule has 0 saturated heterocycles. The predicted molar refractivity (Wildman–Crippen MR) is 63.1 cm³/mol. The lowest BCUT2D eigenvalue weighted by atomic mass is 9.87. The fourth-order valence-electron chi connectivity index (χ4n) is 2.04. The van der Waals surface area contributed by atoms with Gasteiger partial charge in [-0.3, -0.25) is 0 Å². The van der Waals surface area contributed by atoms with Crippen molar-refractivity contribution in [2.24, 2.45) is 0 Å². The SMILES string of the molecule is CCCC(C)(C)c1ncc2c(N)ncnn12. The molecule has 0 unspecified atom stereocenters. The number of fused-ring (bicyclic) bond motifs is 1. The third-order valence-electron chi connectivity index (χ3n) is 2.84. The lowest BCUT2D eigenvalue weighted by Gasteiger charge is -2.21. The number of anilines is 1. The van der Waals surface area contributed by atoms with Crippen LogP contribution in [-0.2, 0) is 5.41 Å². The Morgan fingerprint density at radius 2 is 2.12 bits per heavy atom. The van der Waals surface area contributed by atoms with E-state index in [4.69, 9.17) is 5.73 Å². The van der Waals surface area contributed by atoms with Gasteiger partial charge < -0.3 is 5.73 Å². The highest BCUT2D eigenvalue weighted by molar-refractivity contribution is 5.63. The average molecular weight is 219 g/mol. The van der Waals surface area contributed by atoms with Gasteiger partial charge in [0.05, 0.1) is 6.20 Å². The van der Waals surface area contributed by atoms with Crippen molar-refractivity contribution in [3.05, 3.63) is 18.3 Å². The molecule has 2 heterocycles. The highest BCUT2D eigenvalue weighted by Gasteiger charge is 2.25. The van der Waals surface area contributed by atoms with Gasteiger partial charge in [-0.1, -0.05) is 27.2 Å². The normalized spacial score (nSPS) is 12.2. The molecule has 2 aromatic rings. The first-order valence-corrected chi connectivity index (χ1v) is 5.51. The fraction of sp³-hybridized carbons (Fsp3) is 0.545. The minimum atomic E-state index is 0.00194. The number of hydrogen-bond acceptors (Lipinski definition) is 4. The number of imidazole rings is 1. The summed E-state index contributed by atoms with van der Waals surface area (Å²) in [5.41, 5.74) is 6.56. The maximum absolute atomic E-state index is 5.77. The van der Waals surface area contributed by atoms with Crippen molar-refractivity contribution in [2.75, 3.05) is 5.73 Å². The van der Waals surface area contributed by atoms with E-state index in [-0.39, 0.29) is 5.41 Å². The standard InChI is InChI=1S/C11H17N5/c1-4-5-11(2,3)10-13-6-8-9(12)14-7-15-16(8)10/h6-7H,4-5H2,1-3H3,(H2,12,14,15). The minimum Gasteiger partial charge on any atom is -0.382 e. The van der Waals surface area contributed by atoms with Gasteiger partial charge in [-0.2, -0.15) is 5.10 Å². The third kappa shape index (κ3) is 1.62. The molecule has 0 fully saturated rings. The number of aromatic nitrogens is 4. The van der Waals surface area contributed by atoms with E-state index < -0.39 is 0 Å². The van der Waals surface area contributed by atoms with Crippen molar-refractivity contribution in [1.82, 2.24) is 19.6 Å². The van der Waals surface area contributed by atoms with Crippen molar-refractivity contribution < 1.29 is 0 Å². The van der Waals surface area contributed by atoms with E-state index >= 15 is 0 Å². The van der Waals surface area contributed by atoms with Gasteiger partial charge in [0.2, 0.25) is 0 Å². The van der Waals surface area contributed by atoms with E-state index in [0.29, 0.717) is 5.82 Å². The number of nitrogens with zero attached hydrogens (tertiary/aromatic N) is 4. The van der Waals surface area contributed by atoms with Crippen LogP contribution in [0.25, 0.3) is 5.52 Å². The minimum absolute atomic E-state index is 0.00194. The molecule has 0 bridgehead atoms. The van der Waals surface area contributed by atoms with Crippen LogP contribution >= 0.6 is 0 Å². The van der Waals surface area contributed by atoms with E-state index in [0.717, 1.165) is 24.2 Å².